The molecule has 138 valence electrons. The third kappa shape index (κ3) is 4.32. The van der Waals surface area contributed by atoms with Crippen molar-refractivity contribution in [2.75, 3.05) is 32.7 Å². The number of carbonyl (C=O) groups excluding carboxylic acids is 1. The minimum Gasteiger partial charge on any atom is -0.355 e. The van der Waals surface area contributed by atoms with Gasteiger partial charge in [0.1, 0.15) is 0 Å². The quantitative estimate of drug-likeness (QED) is 0.869. The van der Waals surface area contributed by atoms with E-state index in [2.05, 4.69) is 75.8 Å². The second-order valence-corrected chi connectivity index (χ2v) is 6.87. The molecule has 2 aromatic rings. The molecule has 1 aliphatic rings. The molecule has 1 fully saturated rings. The Morgan fingerprint density at radius 3 is 1.81 bits per heavy atom. The summed E-state index contributed by atoms with van der Waals surface area (Å²) in [6.45, 7) is 8.39. The molecule has 1 aliphatic heterocycles. The lowest BCUT2D eigenvalue weighted by Crippen LogP contribution is -2.54. The van der Waals surface area contributed by atoms with Crippen LogP contribution in [-0.4, -0.2) is 54.5 Å². The van der Waals surface area contributed by atoms with E-state index < -0.39 is 0 Å². The summed E-state index contributed by atoms with van der Waals surface area (Å²) in [6, 6.07) is 21.6. The Labute approximate surface area is 156 Å². The van der Waals surface area contributed by atoms with E-state index in [0.29, 0.717) is 6.54 Å². The summed E-state index contributed by atoms with van der Waals surface area (Å²) in [4.78, 5) is 17.0. The van der Waals surface area contributed by atoms with E-state index in [4.69, 9.17) is 0 Å². The fourth-order valence-corrected chi connectivity index (χ4v) is 3.76. The number of piperazine rings is 1. The summed E-state index contributed by atoms with van der Waals surface area (Å²) in [5.41, 5.74) is 2.65. The number of carbonyl (C=O) groups is 1. The van der Waals surface area contributed by atoms with Crippen LogP contribution < -0.4 is 5.32 Å². The zero-order valence-corrected chi connectivity index (χ0v) is 15.8. The highest BCUT2D eigenvalue weighted by molar-refractivity contribution is 5.81. The van der Waals surface area contributed by atoms with Crippen molar-refractivity contribution >= 4 is 5.91 Å². The molecule has 4 heteroatoms. The van der Waals surface area contributed by atoms with Gasteiger partial charge in [0.15, 0.2) is 0 Å². The Bertz CT molecular complexity index is 642. The molecule has 0 bridgehead atoms. The average Bonchev–Trinajstić information content (AvgIpc) is 2.70. The first kappa shape index (κ1) is 18.6. The summed E-state index contributed by atoms with van der Waals surface area (Å²) in [7, 11) is 0. The van der Waals surface area contributed by atoms with E-state index in [9.17, 15) is 4.79 Å². The predicted octanol–water partition coefficient (Wildman–Crippen LogP) is 2.92. The molecule has 1 N–H and O–H groups in total. The molecular formula is C22H29N3O. The first-order valence-corrected chi connectivity index (χ1v) is 9.56. The van der Waals surface area contributed by atoms with E-state index >= 15 is 0 Å². The van der Waals surface area contributed by atoms with E-state index in [-0.39, 0.29) is 18.0 Å². The van der Waals surface area contributed by atoms with Crippen molar-refractivity contribution < 1.29 is 4.79 Å². The van der Waals surface area contributed by atoms with Gasteiger partial charge in [0, 0.05) is 32.7 Å². The van der Waals surface area contributed by atoms with Crippen LogP contribution in [0.4, 0.5) is 0 Å². The molecule has 4 nitrogen and oxygen atoms in total. The Hall–Kier alpha value is -2.17. The lowest BCUT2D eigenvalue weighted by Gasteiger charge is -2.41. The summed E-state index contributed by atoms with van der Waals surface area (Å²) in [6.07, 6.45) is 0. The van der Waals surface area contributed by atoms with Gasteiger partial charge >= 0.3 is 0 Å². The number of benzene rings is 2. The molecule has 1 atom stereocenters. The smallest absolute Gasteiger partial charge is 0.237 e. The van der Waals surface area contributed by atoms with Crippen LogP contribution in [0.5, 0.6) is 0 Å². The van der Waals surface area contributed by atoms with Crippen molar-refractivity contribution in [1.29, 1.82) is 0 Å². The summed E-state index contributed by atoms with van der Waals surface area (Å²) in [5.74, 6) is 0.128. The minimum atomic E-state index is -0.0657. The van der Waals surface area contributed by atoms with Gasteiger partial charge in [-0.15, -0.1) is 0 Å². The maximum atomic E-state index is 12.1. The molecule has 1 heterocycles. The molecular weight excluding hydrogens is 322 g/mol. The summed E-state index contributed by atoms with van der Waals surface area (Å²) >= 11 is 0. The lowest BCUT2D eigenvalue weighted by molar-refractivity contribution is -0.126. The van der Waals surface area contributed by atoms with Gasteiger partial charge in [-0.3, -0.25) is 14.6 Å². The maximum absolute atomic E-state index is 12.1. The third-order valence-electron chi connectivity index (χ3n) is 5.22. The number of hydrogen-bond donors (Lipinski definition) is 1. The van der Waals surface area contributed by atoms with Crippen LogP contribution >= 0.6 is 0 Å². The average molecular weight is 351 g/mol. The van der Waals surface area contributed by atoms with Crippen molar-refractivity contribution in [1.82, 2.24) is 15.1 Å². The second-order valence-electron chi connectivity index (χ2n) is 6.87. The molecule has 0 saturated carbocycles. The number of hydrogen-bond acceptors (Lipinski definition) is 3. The molecule has 26 heavy (non-hydrogen) atoms. The van der Waals surface area contributed by atoms with Crippen molar-refractivity contribution in [3.63, 3.8) is 0 Å². The normalized spacial score (nSPS) is 17.2. The van der Waals surface area contributed by atoms with Gasteiger partial charge in [-0.05, 0) is 25.0 Å². The fourth-order valence-electron chi connectivity index (χ4n) is 3.76. The maximum Gasteiger partial charge on any atom is 0.237 e. The Morgan fingerprint density at radius 1 is 0.885 bits per heavy atom. The zero-order valence-electron chi connectivity index (χ0n) is 15.8. The topological polar surface area (TPSA) is 35.6 Å². The SMILES string of the molecule is CCNC(=O)[C@@H](C)N1CCN(C(c2ccccc2)c2ccccc2)CC1. The van der Waals surface area contributed by atoms with E-state index in [1.807, 2.05) is 13.8 Å². The van der Waals surface area contributed by atoms with Gasteiger partial charge in [0.25, 0.3) is 0 Å². The zero-order chi connectivity index (χ0) is 18.4. The Balaban J connectivity index is 1.73. The third-order valence-corrected chi connectivity index (χ3v) is 5.22. The first-order valence-electron chi connectivity index (χ1n) is 9.56. The van der Waals surface area contributed by atoms with Crippen LogP contribution in [0.15, 0.2) is 60.7 Å². The summed E-state index contributed by atoms with van der Waals surface area (Å²) in [5, 5.41) is 2.93. The molecule has 1 amide bonds. The van der Waals surface area contributed by atoms with E-state index in [0.717, 1.165) is 26.2 Å². The van der Waals surface area contributed by atoms with Gasteiger partial charge in [-0.2, -0.15) is 0 Å². The highest BCUT2D eigenvalue weighted by Gasteiger charge is 2.29. The van der Waals surface area contributed by atoms with Gasteiger partial charge in [0.05, 0.1) is 12.1 Å². The summed E-state index contributed by atoms with van der Waals surface area (Å²) < 4.78 is 0. The molecule has 0 unspecified atom stereocenters. The standard InChI is InChI=1S/C22H29N3O/c1-3-23-22(26)18(2)24-14-16-25(17-15-24)21(19-10-6-4-7-11-19)20-12-8-5-9-13-20/h4-13,18,21H,3,14-17H2,1-2H3,(H,23,26)/t18-/m1/s1. The highest BCUT2D eigenvalue weighted by Crippen LogP contribution is 2.29. The van der Waals surface area contributed by atoms with Gasteiger partial charge in [-0.25, -0.2) is 0 Å². The molecule has 0 aromatic heterocycles. The van der Waals surface area contributed by atoms with Crippen molar-refractivity contribution in [2.45, 2.75) is 25.9 Å². The Morgan fingerprint density at radius 2 is 1.35 bits per heavy atom. The molecule has 0 aliphatic carbocycles. The lowest BCUT2D eigenvalue weighted by atomic mass is 9.96. The molecule has 1 saturated heterocycles. The van der Waals surface area contributed by atoms with Crippen molar-refractivity contribution in [3.8, 4) is 0 Å². The largest absolute Gasteiger partial charge is 0.355 e. The number of nitrogens with one attached hydrogen (secondary N) is 1. The highest BCUT2D eigenvalue weighted by atomic mass is 16.2. The van der Waals surface area contributed by atoms with Gasteiger partial charge in [-0.1, -0.05) is 60.7 Å². The number of rotatable bonds is 6. The predicted molar refractivity (Wildman–Crippen MR) is 106 cm³/mol. The van der Waals surface area contributed by atoms with Crippen LogP contribution in [0.2, 0.25) is 0 Å². The van der Waals surface area contributed by atoms with E-state index in [1.54, 1.807) is 0 Å². The fraction of sp³-hybridized carbons (Fsp3) is 0.409. The van der Waals surface area contributed by atoms with Gasteiger partial charge < -0.3 is 5.32 Å². The molecule has 0 spiro atoms. The number of amides is 1. The van der Waals surface area contributed by atoms with E-state index in [1.165, 1.54) is 11.1 Å². The van der Waals surface area contributed by atoms with Crippen LogP contribution in [0, 0.1) is 0 Å². The van der Waals surface area contributed by atoms with Gasteiger partial charge in [0.2, 0.25) is 5.91 Å². The molecule has 2 aromatic carbocycles. The van der Waals surface area contributed by atoms with Crippen molar-refractivity contribution in [3.05, 3.63) is 71.8 Å². The van der Waals surface area contributed by atoms with Crippen LogP contribution in [0.25, 0.3) is 0 Å². The number of likely N-dealkylation sites (N-methyl/N-ethyl adjacent to an activating group) is 1. The van der Waals surface area contributed by atoms with Crippen molar-refractivity contribution in [2.24, 2.45) is 0 Å². The molecule has 0 radical (unpaired) electrons. The van der Waals surface area contributed by atoms with Crippen LogP contribution in [-0.2, 0) is 4.79 Å². The monoisotopic (exact) mass is 351 g/mol. The molecule has 3 rings (SSSR count). The van der Waals surface area contributed by atoms with Crippen LogP contribution in [0.3, 0.4) is 0 Å². The second kappa shape index (κ2) is 8.97. The Kier molecular flexibility index (Phi) is 6.42. The number of nitrogens with zero attached hydrogens (tertiary/aromatic N) is 2. The minimum absolute atomic E-state index is 0.0657. The van der Waals surface area contributed by atoms with Crippen LogP contribution in [0.1, 0.15) is 31.0 Å². The first-order chi connectivity index (χ1) is 12.7.